The van der Waals surface area contributed by atoms with Crippen molar-refractivity contribution in [2.24, 2.45) is 0 Å². The van der Waals surface area contributed by atoms with E-state index in [0.717, 1.165) is 23.3 Å². The predicted molar refractivity (Wildman–Crippen MR) is 138 cm³/mol. The van der Waals surface area contributed by atoms with Crippen molar-refractivity contribution in [3.05, 3.63) is 18.6 Å². The number of fused-ring (bicyclic) bond motifs is 2. The Morgan fingerprint density at radius 3 is 2.18 bits per heavy atom. The number of hydrogen-bond donors (Lipinski definition) is 1. The number of aromatic nitrogens is 3. The van der Waals surface area contributed by atoms with Gasteiger partial charge in [-0.05, 0) is 33.9 Å². The van der Waals surface area contributed by atoms with Gasteiger partial charge in [-0.15, -0.1) is 0 Å². The summed E-state index contributed by atoms with van der Waals surface area (Å²) < 4.78 is 23.0. The van der Waals surface area contributed by atoms with Crippen molar-refractivity contribution in [2.75, 3.05) is 12.3 Å². The number of ether oxygens (including phenoxy) is 1. The SMILES string of the molecule is CC(C)[Si]1(C(C)C)C[Si](C(C)C)(C(C)C)OC2C[C@H](n3cnc4c(N)ccnc43)O[C@@H]2CO1. The fourth-order valence-electron chi connectivity index (χ4n) is 6.11. The molecule has 0 bridgehead atoms. The lowest BCUT2D eigenvalue weighted by atomic mass is 10.2. The topological polar surface area (TPSA) is 84.4 Å². The van der Waals surface area contributed by atoms with E-state index in [1.807, 2.05) is 4.57 Å². The van der Waals surface area contributed by atoms with Crippen LogP contribution in [0.3, 0.4) is 0 Å². The molecule has 0 saturated carbocycles. The highest BCUT2D eigenvalue weighted by Gasteiger charge is 2.58. The Labute approximate surface area is 200 Å². The van der Waals surface area contributed by atoms with Crippen LogP contribution in [-0.4, -0.2) is 50.0 Å². The molecule has 0 spiro atoms. The second-order valence-corrected chi connectivity index (χ2v) is 21.6. The Hall–Kier alpha value is -1.27. The van der Waals surface area contributed by atoms with E-state index < -0.39 is 16.6 Å². The van der Waals surface area contributed by atoms with E-state index in [1.165, 1.54) is 0 Å². The Kier molecular flexibility index (Phi) is 6.83. The molecule has 7 nitrogen and oxygen atoms in total. The molecular weight excluding hydrogens is 448 g/mol. The van der Waals surface area contributed by atoms with Gasteiger partial charge >= 0.3 is 0 Å². The van der Waals surface area contributed by atoms with Crippen LogP contribution in [0.25, 0.3) is 11.2 Å². The van der Waals surface area contributed by atoms with Gasteiger partial charge in [-0.1, -0.05) is 55.4 Å². The Bertz CT molecular complexity index is 962. The summed E-state index contributed by atoms with van der Waals surface area (Å²) in [5.41, 5.74) is 11.5. The number of anilines is 1. The lowest BCUT2D eigenvalue weighted by Crippen LogP contribution is -2.61. The number of hydrogen-bond acceptors (Lipinski definition) is 6. The van der Waals surface area contributed by atoms with Crippen LogP contribution < -0.4 is 5.73 Å². The van der Waals surface area contributed by atoms with E-state index in [2.05, 4.69) is 65.4 Å². The van der Waals surface area contributed by atoms with Crippen LogP contribution in [0.1, 0.15) is 68.0 Å². The maximum absolute atomic E-state index is 7.34. The van der Waals surface area contributed by atoms with Crippen LogP contribution in [0.5, 0.6) is 0 Å². The second-order valence-electron chi connectivity index (χ2n) is 11.3. The number of imidazole rings is 1. The largest absolute Gasteiger partial charge is 0.414 e. The number of nitrogens with two attached hydrogens (primary N) is 1. The highest BCUT2D eigenvalue weighted by molar-refractivity contribution is 6.94. The fourth-order valence-corrected chi connectivity index (χ4v) is 22.0. The minimum absolute atomic E-state index is 0.0244. The third-order valence-electron chi connectivity index (χ3n) is 8.33. The van der Waals surface area contributed by atoms with Gasteiger partial charge in [0.2, 0.25) is 0 Å². The predicted octanol–water partition coefficient (Wildman–Crippen LogP) is 5.79. The van der Waals surface area contributed by atoms with Gasteiger partial charge in [0.15, 0.2) is 22.3 Å². The van der Waals surface area contributed by atoms with E-state index in [-0.39, 0.29) is 18.4 Å². The zero-order valence-corrected chi connectivity index (χ0v) is 23.5. The molecule has 2 aromatic rings. The summed E-state index contributed by atoms with van der Waals surface area (Å²) in [5, 5.41) is 0. The maximum atomic E-state index is 7.34. The molecule has 2 saturated heterocycles. The molecule has 2 aliphatic heterocycles. The van der Waals surface area contributed by atoms with Crippen LogP contribution in [0.2, 0.25) is 27.8 Å². The lowest BCUT2D eigenvalue weighted by Gasteiger charge is -2.51. The minimum atomic E-state index is -2.15. The van der Waals surface area contributed by atoms with Crippen LogP contribution in [0.15, 0.2) is 18.6 Å². The molecule has 4 rings (SSSR count). The van der Waals surface area contributed by atoms with Crippen molar-refractivity contribution in [2.45, 2.75) is 108 Å². The maximum Gasteiger partial charge on any atom is 0.198 e. The van der Waals surface area contributed by atoms with Gasteiger partial charge in [0.1, 0.15) is 17.8 Å². The van der Waals surface area contributed by atoms with Crippen molar-refractivity contribution < 1.29 is 13.6 Å². The number of pyridine rings is 1. The molecule has 2 aliphatic rings. The van der Waals surface area contributed by atoms with Gasteiger partial charge in [-0.2, -0.15) is 0 Å². The Balaban J connectivity index is 1.72. The summed E-state index contributed by atoms with van der Waals surface area (Å²) >= 11 is 0. The van der Waals surface area contributed by atoms with Crippen LogP contribution in [-0.2, 0) is 13.6 Å². The van der Waals surface area contributed by atoms with Gasteiger partial charge in [0, 0.05) is 12.6 Å². The molecule has 0 amide bonds. The number of nitrogens with zero attached hydrogens (tertiary/aromatic N) is 3. The summed E-state index contributed by atoms with van der Waals surface area (Å²) in [7, 11) is -4.22. The summed E-state index contributed by atoms with van der Waals surface area (Å²) in [5.74, 6) is 0. The van der Waals surface area contributed by atoms with Gasteiger partial charge in [-0.25, -0.2) is 9.97 Å². The third-order valence-corrected chi connectivity index (χ3v) is 22.0. The monoisotopic (exact) mass is 490 g/mol. The molecule has 184 valence electrons. The zero-order chi connectivity index (χ0) is 24.1. The Morgan fingerprint density at radius 2 is 1.58 bits per heavy atom. The molecule has 0 aromatic carbocycles. The molecule has 1 unspecified atom stereocenters. The smallest absolute Gasteiger partial charge is 0.198 e. The van der Waals surface area contributed by atoms with Crippen molar-refractivity contribution in [1.82, 2.24) is 14.5 Å². The van der Waals surface area contributed by atoms with Gasteiger partial charge < -0.3 is 19.3 Å². The highest BCUT2D eigenvalue weighted by Crippen LogP contribution is 2.50. The number of nitrogen functional groups attached to an aromatic ring is 1. The molecule has 33 heavy (non-hydrogen) atoms. The first kappa shape index (κ1) is 24.8. The molecule has 0 radical (unpaired) electrons. The van der Waals surface area contributed by atoms with Gasteiger partial charge in [0.25, 0.3) is 0 Å². The van der Waals surface area contributed by atoms with Crippen LogP contribution in [0, 0.1) is 0 Å². The highest BCUT2D eigenvalue weighted by atomic mass is 28.4. The molecule has 2 N–H and O–H groups in total. The zero-order valence-electron chi connectivity index (χ0n) is 21.5. The van der Waals surface area contributed by atoms with E-state index in [9.17, 15) is 0 Å². The van der Waals surface area contributed by atoms with Crippen molar-refractivity contribution in [3.8, 4) is 0 Å². The quantitative estimate of drug-likeness (QED) is 0.534. The molecule has 4 heterocycles. The fraction of sp³-hybridized carbons (Fsp3) is 0.750. The van der Waals surface area contributed by atoms with Gasteiger partial charge in [0.05, 0.1) is 24.7 Å². The summed E-state index contributed by atoms with van der Waals surface area (Å²) in [6, 6.07) is 1.79. The average Bonchev–Trinajstić information content (AvgIpc) is 3.32. The van der Waals surface area contributed by atoms with Crippen LogP contribution >= 0.6 is 0 Å². The molecular formula is C24H42N4O3Si2. The van der Waals surface area contributed by atoms with E-state index in [1.54, 1.807) is 18.6 Å². The lowest BCUT2D eigenvalue weighted by molar-refractivity contribution is -0.0411. The summed E-state index contributed by atoms with van der Waals surface area (Å²) in [6.07, 6.45) is 4.08. The van der Waals surface area contributed by atoms with Crippen LogP contribution in [0.4, 0.5) is 5.69 Å². The summed E-state index contributed by atoms with van der Waals surface area (Å²) in [4.78, 5) is 9.05. The molecule has 9 heteroatoms. The van der Waals surface area contributed by atoms with E-state index in [0.29, 0.717) is 34.5 Å². The molecule has 0 aliphatic carbocycles. The van der Waals surface area contributed by atoms with Crippen molar-refractivity contribution >= 4 is 33.5 Å². The number of rotatable bonds is 5. The summed E-state index contributed by atoms with van der Waals surface area (Å²) in [6.45, 7) is 19.5. The minimum Gasteiger partial charge on any atom is -0.414 e. The first-order chi connectivity index (χ1) is 15.5. The van der Waals surface area contributed by atoms with E-state index in [4.69, 9.17) is 19.3 Å². The van der Waals surface area contributed by atoms with Crippen molar-refractivity contribution in [1.29, 1.82) is 0 Å². The molecule has 2 fully saturated rings. The second kappa shape index (κ2) is 9.07. The van der Waals surface area contributed by atoms with E-state index >= 15 is 0 Å². The third kappa shape index (κ3) is 4.09. The first-order valence-corrected chi connectivity index (χ1v) is 17.1. The van der Waals surface area contributed by atoms with Crippen molar-refractivity contribution in [3.63, 3.8) is 0 Å². The Morgan fingerprint density at radius 1 is 0.939 bits per heavy atom. The normalized spacial score (nSPS) is 27.5. The standard InChI is InChI=1S/C24H42N4O3Si2/c1-15(2)32(16(3)4)14-33(17(5)6,18(7)8)31-20-11-22(30-21(20)12-29-32)28-13-27-23-19(25)9-10-26-24(23)28/h9-10,13,15-18,20-22H,11-12,14H2,1-8H3,(H2,25,26)/t20?,21-,22-/m1/s1. The average molecular weight is 491 g/mol. The van der Waals surface area contributed by atoms with Gasteiger partial charge in [-0.3, -0.25) is 4.57 Å². The first-order valence-electron chi connectivity index (χ1n) is 12.6. The molecule has 2 aromatic heterocycles. The molecule has 3 atom stereocenters.